The van der Waals surface area contributed by atoms with Gasteiger partial charge in [0.25, 0.3) is 0 Å². The molecule has 11 atom stereocenters. The fourth-order valence-corrected chi connectivity index (χ4v) is 20.2. The van der Waals surface area contributed by atoms with Gasteiger partial charge >= 0.3 is 18.0 Å². The molecule has 3 aliphatic rings. The number of carboxylic acid groups (broad SMARTS) is 1. The smallest absolute Gasteiger partial charge is 0.410 e. The largest absolute Gasteiger partial charge is 0.481 e. The number of amides is 1. The van der Waals surface area contributed by atoms with E-state index in [4.69, 9.17) is 32.2 Å². The monoisotopic (exact) mass is 1050 g/mol. The summed E-state index contributed by atoms with van der Waals surface area (Å²) in [6, 6.07) is 9.11. The lowest BCUT2D eigenvalue weighted by Crippen LogP contribution is -2.54. The van der Waals surface area contributed by atoms with Crippen LogP contribution >= 0.6 is 0 Å². The maximum absolute atomic E-state index is 14.2. The molecule has 0 bridgehead atoms. The van der Waals surface area contributed by atoms with Crippen molar-refractivity contribution in [2.75, 3.05) is 26.7 Å². The van der Waals surface area contributed by atoms with Gasteiger partial charge in [0.15, 0.2) is 31.1 Å². The van der Waals surface area contributed by atoms with E-state index < -0.39 is 66.5 Å². The summed E-state index contributed by atoms with van der Waals surface area (Å²) < 4.78 is 47.2. The number of rotatable bonds is 28. The zero-order chi connectivity index (χ0) is 53.2. The highest BCUT2D eigenvalue weighted by atomic mass is 28.4. The van der Waals surface area contributed by atoms with Crippen LogP contribution in [0.25, 0.3) is 0 Å². The van der Waals surface area contributed by atoms with E-state index in [2.05, 4.69) is 107 Å². The van der Waals surface area contributed by atoms with Gasteiger partial charge in [0.05, 0.1) is 30.3 Å². The second-order valence-corrected chi connectivity index (χ2v) is 35.8. The number of methoxy groups -OCH3 is 1. The number of hydrogen-bond acceptors (Lipinski definition) is 11. The van der Waals surface area contributed by atoms with E-state index in [9.17, 15) is 19.5 Å². The summed E-state index contributed by atoms with van der Waals surface area (Å²) >= 11 is 0. The zero-order valence-electron chi connectivity index (χ0n) is 47.5. The van der Waals surface area contributed by atoms with Crippen LogP contribution < -0.4 is 5.32 Å². The van der Waals surface area contributed by atoms with Gasteiger partial charge in [-0.3, -0.25) is 9.59 Å². The third-order valence-corrected chi connectivity index (χ3v) is 31.4. The number of esters is 1. The number of aliphatic carboxylic acids is 1. The molecule has 16 heteroatoms. The van der Waals surface area contributed by atoms with Gasteiger partial charge in [0.1, 0.15) is 11.7 Å². The molecule has 71 heavy (non-hydrogen) atoms. The fourth-order valence-electron chi connectivity index (χ4n) is 11.1. The maximum atomic E-state index is 14.2. The number of cyclic esters (lactones) is 1. The quantitative estimate of drug-likeness (QED) is 0.0252. The molecule has 0 aromatic carbocycles. The Morgan fingerprint density at radius 2 is 1.56 bits per heavy atom. The highest BCUT2D eigenvalue weighted by Gasteiger charge is 2.51. The van der Waals surface area contributed by atoms with Crippen LogP contribution in [0.2, 0.25) is 54.4 Å². The van der Waals surface area contributed by atoms with Gasteiger partial charge in [-0.15, -0.1) is 0 Å². The van der Waals surface area contributed by atoms with E-state index in [1.807, 2.05) is 32.9 Å². The molecule has 1 amide bonds. The predicted octanol–water partition coefficient (Wildman–Crippen LogP) is 12.6. The molecular formula is C55H102N2O11Si3. The van der Waals surface area contributed by atoms with Gasteiger partial charge in [-0.2, -0.15) is 0 Å². The summed E-state index contributed by atoms with van der Waals surface area (Å²) in [6.07, 6.45) is 11.4. The van der Waals surface area contributed by atoms with E-state index in [1.165, 1.54) is 0 Å². The molecule has 0 saturated carbocycles. The van der Waals surface area contributed by atoms with Gasteiger partial charge in [-0.1, -0.05) is 107 Å². The van der Waals surface area contributed by atoms with Crippen LogP contribution in [0.15, 0.2) is 36.0 Å². The second-order valence-electron chi connectivity index (χ2n) is 21.7. The Morgan fingerprint density at radius 3 is 2.11 bits per heavy atom. The van der Waals surface area contributed by atoms with E-state index in [0.29, 0.717) is 38.9 Å². The Kier molecular flexibility index (Phi) is 26.0. The number of epoxide rings is 1. The lowest BCUT2D eigenvalue weighted by atomic mass is 9.88. The first-order chi connectivity index (χ1) is 33.6. The van der Waals surface area contributed by atoms with Crippen LogP contribution in [-0.4, -0.2) is 134 Å². The highest BCUT2D eigenvalue weighted by molar-refractivity contribution is 6.74. The van der Waals surface area contributed by atoms with Crippen molar-refractivity contribution in [1.29, 1.82) is 0 Å². The highest BCUT2D eigenvalue weighted by Crippen LogP contribution is 2.43. The summed E-state index contributed by atoms with van der Waals surface area (Å²) in [5.74, 6) is -1.21. The number of piperazine rings is 1. The zero-order valence-corrected chi connectivity index (χ0v) is 50.5. The third kappa shape index (κ3) is 18.0. The molecule has 0 spiro atoms. The van der Waals surface area contributed by atoms with E-state index >= 15 is 0 Å². The Bertz CT molecular complexity index is 1710. The molecule has 3 aliphatic heterocycles. The van der Waals surface area contributed by atoms with Gasteiger partial charge in [0.2, 0.25) is 0 Å². The van der Waals surface area contributed by atoms with Crippen molar-refractivity contribution in [1.82, 2.24) is 10.2 Å². The van der Waals surface area contributed by atoms with Crippen LogP contribution in [0.4, 0.5) is 4.79 Å². The van der Waals surface area contributed by atoms with E-state index in [0.717, 1.165) is 72.8 Å². The first-order valence-corrected chi connectivity index (χ1v) is 35.6. The first-order valence-electron chi connectivity index (χ1n) is 28.0. The standard InChI is InChI=1S/C55H102N2O11Si3/c1-17-46(67-70(21-5,22-6)23-7)43(13)52-47(63-52)39-54(14,68-71(24-8,25-9)26-10)34-27-28-41(11)51-42(12)29-31-48(64-53(61)57-37-36-56-44(40-57)30-32-49(58)59)55(15,62-16)35-33-45(38-50(60)65-51)66-69(18-2,19-3)20-4/h27-29,31,34,42-48,51-52,56H,17-26,30,32-33,35-40H2,1-16H3,(H,58,59)/b31-29+,34-27+,41-28+/t42-,43+,44?,45+,46-,47+,48-,51+,52+,54-,55+/m0/s1. The van der Waals surface area contributed by atoms with Crippen molar-refractivity contribution >= 4 is 43.0 Å². The van der Waals surface area contributed by atoms with E-state index in [1.54, 1.807) is 12.0 Å². The van der Waals surface area contributed by atoms with Crippen LogP contribution in [-0.2, 0) is 41.8 Å². The molecule has 3 rings (SSSR count). The van der Waals surface area contributed by atoms with Gasteiger partial charge < -0.3 is 47.5 Å². The number of allylic oxidation sites excluding steroid dienone is 2. The molecule has 0 aliphatic carbocycles. The minimum atomic E-state index is -2.16. The molecule has 0 aromatic rings. The minimum absolute atomic E-state index is 0.0123. The minimum Gasteiger partial charge on any atom is -0.481 e. The van der Waals surface area contributed by atoms with Crippen molar-refractivity contribution in [3.63, 3.8) is 0 Å². The summed E-state index contributed by atoms with van der Waals surface area (Å²) in [5.41, 5.74) is -0.669. The number of carbonyl (C=O) groups is 3. The average molecular weight is 1050 g/mol. The van der Waals surface area contributed by atoms with Crippen molar-refractivity contribution in [3.05, 3.63) is 36.0 Å². The molecular weight excluding hydrogens is 949 g/mol. The van der Waals surface area contributed by atoms with E-state index in [-0.39, 0.29) is 55.0 Å². The lowest BCUT2D eigenvalue weighted by molar-refractivity contribution is -0.151. The summed E-state index contributed by atoms with van der Waals surface area (Å²) in [7, 11) is -4.39. The molecule has 2 fully saturated rings. The van der Waals surface area contributed by atoms with Crippen molar-refractivity contribution in [2.24, 2.45) is 11.8 Å². The third-order valence-electron chi connectivity index (χ3n) is 17.3. The predicted molar refractivity (Wildman–Crippen MR) is 294 cm³/mol. The van der Waals surface area contributed by atoms with Gasteiger partial charge in [-0.05, 0) is 113 Å². The van der Waals surface area contributed by atoms with Crippen LogP contribution in [0.3, 0.4) is 0 Å². The topological polar surface area (TPSA) is 155 Å². The number of ether oxygens (including phenoxy) is 4. The number of carboxylic acids is 1. The Balaban J connectivity index is 2.04. The summed E-state index contributed by atoms with van der Waals surface area (Å²) in [6.45, 7) is 34.3. The fraction of sp³-hybridized carbons (Fsp3) is 0.836. The van der Waals surface area contributed by atoms with Crippen molar-refractivity contribution in [2.45, 2.75) is 257 Å². The maximum Gasteiger partial charge on any atom is 0.410 e. The molecule has 410 valence electrons. The summed E-state index contributed by atoms with van der Waals surface area (Å²) in [4.78, 5) is 41.2. The Morgan fingerprint density at radius 1 is 0.958 bits per heavy atom. The van der Waals surface area contributed by atoms with Crippen LogP contribution in [0.5, 0.6) is 0 Å². The molecule has 3 heterocycles. The molecule has 1 unspecified atom stereocenters. The molecule has 2 saturated heterocycles. The van der Waals surface area contributed by atoms with Crippen LogP contribution in [0.1, 0.15) is 149 Å². The van der Waals surface area contributed by atoms with Crippen molar-refractivity contribution in [3.8, 4) is 0 Å². The molecule has 2 N–H and O–H groups in total. The molecule has 0 radical (unpaired) electrons. The average Bonchev–Trinajstić information content (AvgIpc) is 4.14. The van der Waals surface area contributed by atoms with Gasteiger partial charge in [-0.25, -0.2) is 4.79 Å². The first kappa shape index (κ1) is 63.1. The Labute approximate surface area is 434 Å². The summed E-state index contributed by atoms with van der Waals surface area (Å²) in [5, 5.41) is 12.7. The number of nitrogens with one attached hydrogen (secondary N) is 1. The van der Waals surface area contributed by atoms with Gasteiger partial charge in [0, 0.05) is 63.6 Å². The number of hydrogen-bond donors (Lipinski definition) is 2. The second kappa shape index (κ2) is 29.2. The normalized spacial score (nSPS) is 28.6. The number of nitrogens with zero attached hydrogens (tertiary/aromatic N) is 1. The van der Waals surface area contributed by atoms with Crippen molar-refractivity contribution < 1.29 is 51.7 Å². The Hall–Kier alpha value is -2.16. The molecule has 0 aromatic heterocycles. The SMILES string of the molecule is CC[C@H](O[Si](CC)(CC)CC)[C@@H](C)[C@H]1O[C@@H]1C[C@](C)(/C=C/C=C(\C)[C@H]1OC(=O)C[C@H](O[Si](CC)(CC)CC)CC[C@@](C)(OC)[C@@H](OC(=O)N2CCNC(CCC(=O)O)C2)/C=C/[C@@H]1C)O[Si](CC)(CC)CC. The lowest BCUT2D eigenvalue weighted by Gasteiger charge is -2.40. The number of carbonyl (C=O) groups excluding carboxylic acids is 2. The molecule has 13 nitrogen and oxygen atoms in total. The van der Waals surface area contributed by atoms with Crippen LogP contribution in [0, 0.1) is 11.8 Å².